The van der Waals surface area contributed by atoms with Crippen LogP contribution in [0.2, 0.25) is 0 Å². The molecule has 0 bridgehead atoms. The second-order valence-electron chi connectivity index (χ2n) is 20.0. The van der Waals surface area contributed by atoms with E-state index in [0.29, 0.717) is 25.9 Å². The molecule has 0 heterocycles. The maximum Gasteiger partial charge on any atom is 0.305 e. The number of hydrogen-bond donors (Lipinski definition) is 3. The Morgan fingerprint density at radius 3 is 1.20 bits per heavy atom. The highest BCUT2D eigenvalue weighted by molar-refractivity contribution is 5.76. The van der Waals surface area contributed by atoms with Gasteiger partial charge in [-0.1, -0.05) is 269 Å². The van der Waals surface area contributed by atoms with Gasteiger partial charge in [0.25, 0.3) is 0 Å². The van der Waals surface area contributed by atoms with Gasteiger partial charge in [0.05, 0.1) is 25.4 Å². The SMILES string of the molecule is CCCCC/C=C\C/C=C\CCCCCCCCCC(=O)OCCCCCCCCCCCCCCCCCCCCCCCC(=O)NC(CO)C(O)CCCCCCCCCCCC. The van der Waals surface area contributed by atoms with Gasteiger partial charge in [-0.05, 0) is 57.8 Å². The lowest BCUT2D eigenvalue weighted by Gasteiger charge is -2.22. The fraction of sp³-hybridized carbons (Fsp3) is 0.898. The molecule has 0 fully saturated rings. The van der Waals surface area contributed by atoms with Crippen molar-refractivity contribution in [3.63, 3.8) is 0 Å². The van der Waals surface area contributed by atoms with Crippen molar-refractivity contribution in [2.45, 2.75) is 328 Å². The van der Waals surface area contributed by atoms with Crippen molar-refractivity contribution in [3.8, 4) is 0 Å². The molecule has 384 valence electrons. The van der Waals surface area contributed by atoms with Gasteiger partial charge in [0.2, 0.25) is 5.91 Å². The molecule has 0 aliphatic heterocycles. The molecule has 1 amide bonds. The molecule has 0 aliphatic carbocycles. The van der Waals surface area contributed by atoms with Crippen molar-refractivity contribution in [2.24, 2.45) is 0 Å². The summed E-state index contributed by atoms with van der Waals surface area (Å²) in [5.74, 6) is -0.0328. The van der Waals surface area contributed by atoms with Crippen molar-refractivity contribution >= 4 is 11.9 Å². The normalized spacial score (nSPS) is 12.7. The molecule has 0 aromatic rings. The van der Waals surface area contributed by atoms with Crippen LogP contribution in [0.15, 0.2) is 24.3 Å². The zero-order valence-corrected chi connectivity index (χ0v) is 43.7. The lowest BCUT2D eigenvalue weighted by atomic mass is 10.0. The van der Waals surface area contributed by atoms with Gasteiger partial charge in [0, 0.05) is 12.8 Å². The van der Waals surface area contributed by atoms with Crippen molar-refractivity contribution in [1.82, 2.24) is 5.32 Å². The summed E-state index contributed by atoms with van der Waals surface area (Å²) in [6.45, 7) is 4.92. The molecule has 6 heteroatoms. The Kier molecular flexibility index (Phi) is 53.5. The maximum absolute atomic E-state index is 12.4. The van der Waals surface area contributed by atoms with Crippen molar-refractivity contribution < 1.29 is 24.5 Å². The molecule has 0 aromatic heterocycles. The number of unbranched alkanes of at least 4 members (excludes halogenated alkanes) is 39. The average Bonchev–Trinajstić information content (AvgIpc) is 3.31. The highest BCUT2D eigenvalue weighted by Gasteiger charge is 2.20. The van der Waals surface area contributed by atoms with Crippen LogP contribution in [0.25, 0.3) is 0 Å². The van der Waals surface area contributed by atoms with E-state index in [1.807, 2.05) is 0 Å². The van der Waals surface area contributed by atoms with E-state index < -0.39 is 12.1 Å². The second-order valence-corrected chi connectivity index (χ2v) is 20.0. The van der Waals surface area contributed by atoms with Crippen LogP contribution in [-0.4, -0.2) is 47.4 Å². The number of esters is 1. The number of hydrogen-bond acceptors (Lipinski definition) is 5. The summed E-state index contributed by atoms with van der Waals surface area (Å²) in [4.78, 5) is 24.5. The molecule has 0 aliphatic rings. The molecule has 0 saturated heterocycles. The molecule has 2 atom stereocenters. The van der Waals surface area contributed by atoms with Gasteiger partial charge in [-0.3, -0.25) is 9.59 Å². The fourth-order valence-electron chi connectivity index (χ4n) is 9.02. The number of aliphatic hydroxyl groups is 2. The fourth-order valence-corrected chi connectivity index (χ4v) is 9.02. The molecule has 2 unspecified atom stereocenters. The summed E-state index contributed by atoms with van der Waals surface area (Å²) in [5, 5.41) is 23.1. The summed E-state index contributed by atoms with van der Waals surface area (Å²) < 4.78 is 5.48. The number of carbonyl (C=O) groups is 2. The Bertz CT molecular complexity index is 1010. The lowest BCUT2D eigenvalue weighted by molar-refractivity contribution is -0.143. The molecule has 0 saturated carbocycles. The van der Waals surface area contributed by atoms with Gasteiger partial charge in [-0.15, -0.1) is 0 Å². The Morgan fingerprint density at radius 1 is 0.431 bits per heavy atom. The topological polar surface area (TPSA) is 95.9 Å². The number of nitrogens with one attached hydrogen (secondary N) is 1. The van der Waals surface area contributed by atoms with Crippen LogP contribution in [0, 0.1) is 0 Å². The van der Waals surface area contributed by atoms with Gasteiger partial charge >= 0.3 is 5.97 Å². The standard InChI is InChI=1S/C59H113NO5/c1-3-5-7-9-11-13-15-16-17-23-27-30-33-37-41-45-49-53-59(64)65-54-50-46-42-38-34-31-28-25-22-20-18-19-21-24-26-29-32-36-40-44-48-52-58(63)60-56(55-61)57(62)51-47-43-39-35-14-12-10-8-6-4-2/h11,13,16-17,56-57,61-62H,3-10,12,14-15,18-55H2,1-2H3,(H,60,63)/b13-11-,17-16-. The zero-order chi connectivity index (χ0) is 47.2. The summed E-state index contributed by atoms with van der Waals surface area (Å²) in [6, 6.07) is -0.540. The third-order valence-corrected chi connectivity index (χ3v) is 13.5. The van der Waals surface area contributed by atoms with E-state index in [1.54, 1.807) is 0 Å². The van der Waals surface area contributed by atoms with E-state index in [0.717, 1.165) is 51.4 Å². The van der Waals surface area contributed by atoms with Crippen LogP contribution in [0.1, 0.15) is 316 Å². The number of allylic oxidation sites excluding steroid dienone is 4. The third kappa shape index (κ3) is 51.6. The Labute approximate surface area is 405 Å². The van der Waals surface area contributed by atoms with Crippen LogP contribution in [-0.2, 0) is 14.3 Å². The van der Waals surface area contributed by atoms with Gasteiger partial charge < -0.3 is 20.3 Å². The molecule has 3 N–H and O–H groups in total. The number of ether oxygens (including phenoxy) is 1. The van der Waals surface area contributed by atoms with Gasteiger partial charge in [0.15, 0.2) is 0 Å². The molecule has 6 nitrogen and oxygen atoms in total. The largest absolute Gasteiger partial charge is 0.466 e. The second kappa shape index (κ2) is 54.9. The minimum atomic E-state index is -0.663. The summed E-state index contributed by atoms with van der Waals surface area (Å²) in [5.41, 5.74) is 0. The molecule has 0 aromatic carbocycles. The van der Waals surface area contributed by atoms with Crippen molar-refractivity contribution in [1.29, 1.82) is 0 Å². The molecule has 0 radical (unpaired) electrons. The van der Waals surface area contributed by atoms with Crippen LogP contribution in [0.5, 0.6) is 0 Å². The van der Waals surface area contributed by atoms with Crippen LogP contribution >= 0.6 is 0 Å². The van der Waals surface area contributed by atoms with Gasteiger partial charge in [0.1, 0.15) is 0 Å². The first-order valence-electron chi connectivity index (χ1n) is 29.1. The average molecular weight is 917 g/mol. The number of rotatable bonds is 54. The minimum absolute atomic E-state index is 0.00429. The Balaban J connectivity index is 3.36. The van der Waals surface area contributed by atoms with Crippen molar-refractivity contribution in [3.05, 3.63) is 24.3 Å². The highest BCUT2D eigenvalue weighted by Crippen LogP contribution is 2.17. The molecule has 65 heavy (non-hydrogen) atoms. The Morgan fingerprint density at radius 2 is 0.769 bits per heavy atom. The third-order valence-electron chi connectivity index (χ3n) is 13.5. The lowest BCUT2D eigenvalue weighted by Crippen LogP contribution is -2.45. The Hall–Kier alpha value is -1.66. The smallest absolute Gasteiger partial charge is 0.305 e. The van der Waals surface area contributed by atoms with E-state index in [1.165, 1.54) is 231 Å². The van der Waals surface area contributed by atoms with Gasteiger partial charge in [-0.2, -0.15) is 0 Å². The van der Waals surface area contributed by atoms with E-state index in [4.69, 9.17) is 4.74 Å². The van der Waals surface area contributed by atoms with Crippen LogP contribution in [0.3, 0.4) is 0 Å². The number of amides is 1. The summed E-state index contributed by atoms with van der Waals surface area (Å²) in [6.07, 6.45) is 66.0. The van der Waals surface area contributed by atoms with E-state index in [2.05, 4.69) is 43.5 Å². The van der Waals surface area contributed by atoms with E-state index in [9.17, 15) is 19.8 Å². The quantitative estimate of drug-likeness (QED) is 0.0321. The monoisotopic (exact) mass is 916 g/mol. The minimum Gasteiger partial charge on any atom is -0.466 e. The van der Waals surface area contributed by atoms with E-state index in [-0.39, 0.29) is 18.5 Å². The van der Waals surface area contributed by atoms with Crippen LogP contribution in [0.4, 0.5) is 0 Å². The number of aliphatic hydroxyl groups excluding tert-OH is 2. The zero-order valence-electron chi connectivity index (χ0n) is 43.7. The maximum atomic E-state index is 12.4. The van der Waals surface area contributed by atoms with E-state index >= 15 is 0 Å². The predicted octanol–water partition coefficient (Wildman–Crippen LogP) is 17.9. The molecular formula is C59H113NO5. The highest BCUT2D eigenvalue weighted by atomic mass is 16.5. The van der Waals surface area contributed by atoms with Crippen molar-refractivity contribution in [2.75, 3.05) is 13.2 Å². The van der Waals surface area contributed by atoms with Crippen LogP contribution < -0.4 is 5.32 Å². The summed E-state index contributed by atoms with van der Waals surface area (Å²) in [7, 11) is 0. The molecular weight excluding hydrogens is 803 g/mol. The first-order chi connectivity index (χ1) is 32.0. The number of carbonyl (C=O) groups excluding carboxylic acids is 2. The molecule has 0 rings (SSSR count). The van der Waals surface area contributed by atoms with Gasteiger partial charge in [-0.25, -0.2) is 0 Å². The predicted molar refractivity (Wildman–Crippen MR) is 283 cm³/mol. The molecule has 0 spiro atoms. The summed E-state index contributed by atoms with van der Waals surface area (Å²) >= 11 is 0. The first kappa shape index (κ1) is 63.3. The first-order valence-corrected chi connectivity index (χ1v) is 29.1.